The lowest BCUT2D eigenvalue weighted by Crippen LogP contribution is -2.28. The smallest absolute Gasteiger partial charge is 0.243 e. The first kappa shape index (κ1) is 22.1. The molecule has 0 saturated carbocycles. The number of carbonyl (C=O) groups excluding carboxylic acids is 1. The van der Waals surface area contributed by atoms with Gasteiger partial charge in [0, 0.05) is 18.7 Å². The molecule has 3 rings (SSSR count). The van der Waals surface area contributed by atoms with E-state index in [4.69, 9.17) is 14.2 Å². The van der Waals surface area contributed by atoms with Crippen LogP contribution < -0.4 is 19.1 Å². The number of carbonyl (C=O) groups is 1. The van der Waals surface area contributed by atoms with E-state index in [0.29, 0.717) is 34.4 Å². The number of benzene rings is 2. The summed E-state index contributed by atoms with van der Waals surface area (Å²) in [5.74, 6) is 1.79. The molecule has 0 saturated heterocycles. The predicted octanol–water partition coefficient (Wildman–Crippen LogP) is 5.09. The molecule has 1 heterocycles. The second kappa shape index (κ2) is 10.4. The summed E-state index contributed by atoms with van der Waals surface area (Å²) in [6.07, 6.45) is 1.60. The highest BCUT2D eigenvalue weighted by atomic mass is 19.1. The quantitative estimate of drug-likeness (QED) is 0.479. The first-order chi connectivity index (χ1) is 15.0. The summed E-state index contributed by atoms with van der Waals surface area (Å²) in [5, 5.41) is 0. The second-order valence-electron chi connectivity index (χ2n) is 6.86. The SMILES string of the molecule is COc1ccc(OCCF)c(CN(C(C)=O)c2cccnc2Oc2ccc(C)cc2)c1. The number of aromatic nitrogens is 1. The molecular weight excluding hydrogens is 399 g/mol. The fraction of sp³-hybridized carbons (Fsp3) is 0.250. The van der Waals surface area contributed by atoms with Gasteiger partial charge >= 0.3 is 0 Å². The Balaban J connectivity index is 1.95. The van der Waals surface area contributed by atoms with E-state index in [1.54, 1.807) is 43.6 Å². The zero-order chi connectivity index (χ0) is 22.2. The maximum absolute atomic E-state index is 12.7. The second-order valence-corrected chi connectivity index (χ2v) is 6.86. The van der Waals surface area contributed by atoms with Crippen LogP contribution in [0.5, 0.6) is 23.1 Å². The van der Waals surface area contributed by atoms with E-state index in [1.165, 1.54) is 11.8 Å². The summed E-state index contributed by atoms with van der Waals surface area (Å²) < 4.78 is 29.4. The fourth-order valence-electron chi connectivity index (χ4n) is 3.02. The molecule has 0 aliphatic heterocycles. The lowest BCUT2D eigenvalue weighted by molar-refractivity contribution is -0.116. The zero-order valence-corrected chi connectivity index (χ0v) is 17.8. The van der Waals surface area contributed by atoms with Crippen LogP contribution in [0.15, 0.2) is 60.8 Å². The summed E-state index contributed by atoms with van der Waals surface area (Å²) in [7, 11) is 1.55. The van der Waals surface area contributed by atoms with Crippen molar-refractivity contribution in [3.8, 4) is 23.1 Å². The van der Waals surface area contributed by atoms with Crippen LogP contribution in [0, 0.1) is 6.92 Å². The lowest BCUT2D eigenvalue weighted by atomic mass is 10.1. The minimum atomic E-state index is -0.612. The van der Waals surface area contributed by atoms with E-state index in [1.807, 2.05) is 31.2 Å². The summed E-state index contributed by atoms with van der Waals surface area (Å²) >= 11 is 0. The number of hydrogen-bond acceptors (Lipinski definition) is 5. The molecule has 3 aromatic rings. The standard InChI is InChI=1S/C24H25FN2O4/c1-17-6-8-20(9-7-17)31-24-22(5-4-13-26-24)27(18(2)28)16-19-15-21(29-3)10-11-23(19)30-14-12-25/h4-11,13,15H,12,14,16H2,1-3H3. The number of methoxy groups -OCH3 is 1. The molecule has 0 unspecified atom stereocenters. The molecule has 1 aromatic heterocycles. The first-order valence-corrected chi connectivity index (χ1v) is 9.85. The third-order valence-corrected chi connectivity index (χ3v) is 4.59. The molecule has 0 atom stereocenters. The van der Waals surface area contributed by atoms with Gasteiger partial charge in [-0.1, -0.05) is 17.7 Å². The first-order valence-electron chi connectivity index (χ1n) is 9.85. The minimum Gasteiger partial charge on any atom is -0.497 e. The van der Waals surface area contributed by atoms with Crippen molar-refractivity contribution < 1.29 is 23.4 Å². The largest absolute Gasteiger partial charge is 0.497 e. The van der Waals surface area contributed by atoms with Crippen molar-refractivity contribution in [2.45, 2.75) is 20.4 Å². The van der Waals surface area contributed by atoms with E-state index >= 15 is 0 Å². The van der Waals surface area contributed by atoms with E-state index < -0.39 is 6.67 Å². The maximum atomic E-state index is 12.7. The minimum absolute atomic E-state index is 0.0753. The van der Waals surface area contributed by atoms with Gasteiger partial charge in [0.05, 0.1) is 13.7 Å². The van der Waals surface area contributed by atoms with Crippen molar-refractivity contribution in [3.63, 3.8) is 0 Å². The van der Waals surface area contributed by atoms with Crippen molar-refractivity contribution in [2.24, 2.45) is 0 Å². The van der Waals surface area contributed by atoms with Gasteiger partial charge in [-0.25, -0.2) is 9.37 Å². The van der Waals surface area contributed by atoms with Crippen LogP contribution in [0.2, 0.25) is 0 Å². The van der Waals surface area contributed by atoms with Crippen LogP contribution in [0.4, 0.5) is 10.1 Å². The van der Waals surface area contributed by atoms with Crippen LogP contribution in [0.25, 0.3) is 0 Å². The van der Waals surface area contributed by atoms with Crippen molar-refractivity contribution >= 4 is 11.6 Å². The van der Waals surface area contributed by atoms with Crippen LogP contribution >= 0.6 is 0 Å². The Bertz CT molecular complexity index is 1020. The Morgan fingerprint density at radius 3 is 2.52 bits per heavy atom. The molecule has 0 aliphatic carbocycles. The average molecular weight is 424 g/mol. The Hall–Kier alpha value is -3.61. The van der Waals surface area contributed by atoms with Gasteiger partial charge in [0.25, 0.3) is 0 Å². The number of amides is 1. The zero-order valence-electron chi connectivity index (χ0n) is 17.8. The summed E-state index contributed by atoms with van der Waals surface area (Å²) in [6.45, 7) is 2.94. The van der Waals surface area contributed by atoms with Gasteiger partial charge in [0.2, 0.25) is 11.8 Å². The molecule has 7 heteroatoms. The molecule has 0 N–H and O–H groups in total. The molecule has 0 fully saturated rings. The highest BCUT2D eigenvalue weighted by Gasteiger charge is 2.20. The van der Waals surface area contributed by atoms with Crippen molar-refractivity contribution in [1.82, 2.24) is 4.98 Å². The molecule has 6 nitrogen and oxygen atoms in total. The molecule has 0 bridgehead atoms. The number of aryl methyl sites for hydroxylation is 1. The summed E-state index contributed by atoms with van der Waals surface area (Å²) in [5.41, 5.74) is 2.29. The molecule has 0 radical (unpaired) electrons. The Morgan fingerprint density at radius 1 is 1.10 bits per heavy atom. The maximum Gasteiger partial charge on any atom is 0.243 e. The molecule has 2 aromatic carbocycles. The number of halogens is 1. The molecular formula is C24H25FN2O4. The van der Waals surface area contributed by atoms with E-state index in [0.717, 1.165) is 5.56 Å². The van der Waals surface area contributed by atoms with Crippen LogP contribution in [0.1, 0.15) is 18.1 Å². The van der Waals surface area contributed by atoms with Gasteiger partial charge in [-0.2, -0.15) is 0 Å². The Labute approximate surface area is 181 Å². The molecule has 0 spiro atoms. The summed E-state index contributed by atoms with van der Waals surface area (Å²) in [4.78, 5) is 18.4. The third kappa shape index (κ3) is 5.72. The van der Waals surface area contributed by atoms with Crippen molar-refractivity contribution in [3.05, 3.63) is 71.9 Å². The fourth-order valence-corrected chi connectivity index (χ4v) is 3.02. The topological polar surface area (TPSA) is 60.9 Å². The highest BCUT2D eigenvalue weighted by molar-refractivity contribution is 5.92. The van der Waals surface area contributed by atoms with Crippen molar-refractivity contribution in [1.29, 1.82) is 0 Å². The van der Waals surface area contributed by atoms with Crippen molar-refractivity contribution in [2.75, 3.05) is 25.3 Å². The number of ether oxygens (including phenoxy) is 3. The summed E-state index contributed by atoms with van der Waals surface area (Å²) in [6, 6.07) is 16.3. The molecule has 31 heavy (non-hydrogen) atoms. The van der Waals surface area contributed by atoms with E-state index in [-0.39, 0.29) is 19.1 Å². The van der Waals surface area contributed by atoms with Crippen LogP contribution in [0.3, 0.4) is 0 Å². The monoisotopic (exact) mass is 424 g/mol. The number of rotatable bonds is 9. The van der Waals surface area contributed by atoms with Gasteiger partial charge in [0.1, 0.15) is 36.2 Å². The van der Waals surface area contributed by atoms with Crippen LogP contribution in [-0.2, 0) is 11.3 Å². The van der Waals surface area contributed by atoms with Gasteiger partial charge in [-0.05, 0) is 49.4 Å². The van der Waals surface area contributed by atoms with E-state index in [2.05, 4.69) is 4.98 Å². The highest BCUT2D eigenvalue weighted by Crippen LogP contribution is 2.33. The Morgan fingerprint density at radius 2 is 1.84 bits per heavy atom. The number of nitrogens with zero attached hydrogens (tertiary/aromatic N) is 2. The third-order valence-electron chi connectivity index (χ3n) is 4.59. The Kier molecular flexibility index (Phi) is 7.43. The molecule has 0 aliphatic rings. The van der Waals surface area contributed by atoms with Gasteiger partial charge < -0.3 is 19.1 Å². The normalized spacial score (nSPS) is 10.5. The number of pyridine rings is 1. The number of anilines is 1. The molecule has 162 valence electrons. The van der Waals surface area contributed by atoms with Crippen LogP contribution in [-0.4, -0.2) is 31.3 Å². The van der Waals surface area contributed by atoms with Gasteiger partial charge in [-0.15, -0.1) is 0 Å². The number of alkyl halides is 1. The lowest BCUT2D eigenvalue weighted by Gasteiger charge is -2.24. The van der Waals surface area contributed by atoms with Gasteiger partial charge in [0.15, 0.2) is 0 Å². The molecule has 1 amide bonds. The van der Waals surface area contributed by atoms with E-state index in [9.17, 15) is 9.18 Å². The number of hydrogen-bond donors (Lipinski definition) is 0. The average Bonchev–Trinajstić information content (AvgIpc) is 2.78. The van der Waals surface area contributed by atoms with Gasteiger partial charge in [-0.3, -0.25) is 4.79 Å². The predicted molar refractivity (Wildman–Crippen MR) is 117 cm³/mol.